The van der Waals surface area contributed by atoms with Gasteiger partial charge in [0.05, 0.1) is 19.4 Å². The molecule has 1 aliphatic rings. The van der Waals surface area contributed by atoms with E-state index in [0.717, 1.165) is 12.0 Å². The van der Waals surface area contributed by atoms with Crippen LogP contribution in [0.3, 0.4) is 0 Å². The average Bonchev–Trinajstić information content (AvgIpc) is 2.75. The number of hydrogen-bond donors (Lipinski definition) is 0. The first-order valence-electron chi connectivity index (χ1n) is 10.0. The van der Waals surface area contributed by atoms with Gasteiger partial charge in [0.1, 0.15) is 23.4 Å². The lowest BCUT2D eigenvalue weighted by Gasteiger charge is -2.32. The molecule has 0 saturated heterocycles. The molecule has 2 aromatic heterocycles. The summed E-state index contributed by atoms with van der Waals surface area (Å²) in [5.41, 5.74) is 1.70. The Balaban J connectivity index is 2.19. The molecule has 0 aliphatic carbocycles. The van der Waals surface area contributed by atoms with E-state index in [1.807, 2.05) is 26.8 Å². The van der Waals surface area contributed by atoms with Crippen LogP contribution in [0.25, 0.3) is 11.4 Å². The maximum absolute atomic E-state index is 12.8. The van der Waals surface area contributed by atoms with Crippen molar-refractivity contribution in [3.05, 3.63) is 33.6 Å². The third-order valence-electron chi connectivity index (χ3n) is 5.01. The second-order valence-electron chi connectivity index (χ2n) is 7.34. The van der Waals surface area contributed by atoms with Crippen LogP contribution in [0.5, 0.6) is 17.4 Å². The molecule has 2 aromatic rings. The Morgan fingerprint density at radius 3 is 2.67 bits per heavy atom. The summed E-state index contributed by atoms with van der Waals surface area (Å²) in [6, 6.07) is 5.39. The minimum absolute atomic E-state index is 0.0957. The van der Waals surface area contributed by atoms with Gasteiger partial charge in [-0.15, -0.1) is 0 Å². The van der Waals surface area contributed by atoms with Crippen LogP contribution in [-0.4, -0.2) is 37.0 Å². The molecule has 8 heteroatoms. The molecule has 0 radical (unpaired) electrons. The first kappa shape index (κ1) is 21.7. The topological polar surface area (TPSA) is 95.6 Å². The van der Waals surface area contributed by atoms with Crippen molar-refractivity contribution >= 4 is 0 Å². The average molecular weight is 413 g/mol. The molecule has 1 aliphatic heterocycles. The van der Waals surface area contributed by atoms with Gasteiger partial charge >= 0.3 is 0 Å². The molecule has 0 saturated carbocycles. The number of methoxy groups -OCH3 is 2. The van der Waals surface area contributed by atoms with Gasteiger partial charge in [0.25, 0.3) is 11.4 Å². The van der Waals surface area contributed by atoms with Crippen LogP contribution in [0.1, 0.15) is 44.4 Å². The van der Waals surface area contributed by atoms with Gasteiger partial charge < -0.3 is 23.5 Å². The smallest absolute Gasteiger partial charge is 0.269 e. The first-order chi connectivity index (χ1) is 14.5. The predicted molar refractivity (Wildman–Crippen MR) is 111 cm³/mol. The fraction of sp³-hybridized carbons (Fsp3) is 0.500. The van der Waals surface area contributed by atoms with Gasteiger partial charge in [-0.2, -0.15) is 5.26 Å². The zero-order valence-electron chi connectivity index (χ0n) is 18.0. The molecular formula is C22H27N3O5. The van der Waals surface area contributed by atoms with Crippen molar-refractivity contribution in [3.63, 3.8) is 0 Å². The minimum Gasteiger partial charge on any atom is -0.488 e. The summed E-state index contributed by atoms with van der Waals surface area (Å²) >= 11 is 0. The van der Waals surface area contributed by atoms with Crippen LogP contribution < -0.4 is 19.8 Å². The van der Waals surface area contributed by atoms with Crippen molar-refractivity contribution in [1.29, 1.82) is 5.26 Å². The zero-order chi connectivity index (χ0) is 21.8. The van der Waals surface area contributed by atoms with Crippen LogP contribution in [0.4, 0.5) is 0 Å². The molecule has 0 amide bonds. The summed E-state index contributed by atoms with van der Waals surface area (Å²) in [6.07, 6.45) is 0.399. The van der Waals surface area contributed by atoms with Crippen molar-refractivity contribution in [2.24, 2.45) is 5.92 Å². The van der Waals surface area contributed by atoms with Gasteiger partial charge in [-0.3, -0.25) is 4.79 Å². The number of aromatic nitrogens is 2. The normalized spacial score (nSPS) is 14.5. The van der Waals surface area contributed by atoms with Crippen molar-refractivity contribution in [2.45, 2.75) is 39.8 Å². The molecule has 0 fully saturated rings. The third kappa shape index (κ3) is 3.85. The number of pyridine rings is 2. The van der Waals surface area contributed by atoms with Crippen molar-refractivity contribution in [1.82, 2.24) is 9.55 Å². The molecule has 8 nitrogen and oxygen atoms in total. The Morgan fingerprint density at radius 1 is 1.30 bits per heavy atom. The molecule has 3 heterocycles. The zero-order valence-corrected chi connectivity index (χ0v) is 18.0. The van der Waals surface area contributed by atoms with Crippen LogP contribution in [0.2, 0.25) is 0 Å². The molecule has 1 atom stereocenters. The number of hydrogen-bond acceptors (Lipinski definition) is 7. The van der Waals surface area contributed by atoms with Gasteiger partial charge in [0.15, 0.2) is 11.5 Å². The number of ether oxygens (including phenoxy) is 4. The van der Waals surface area contributed by atoms with Gasteiger partial charge in [-0.05, 0) is 18.9 Å². The fourth-order valence-corrected chi connectivity index (χ4v) is 3.60. The number of nitriles is 1. The highest BCUT2D eigenvalue weighted by Gasteiger charge is 2.34. The molecule has 0 spiro atoms. The van der Waals surface area contributed by atoms with Crippen LogP contribution in [0, 0.1) is 17.2 Å². The van der Waals surface area contributed by atoms with Crippen molar-refractivity contribution < 1.29 is 18.9 Å². The van der Waals surface area contributed by atoms with Gasteiger partial charge in [-0.25, -0.2) is 4.98 Å². The van der Waals surface area contributed by atoms with Crippen LogP contribution >= 0.6 is 0 Å². The maximum atomic E-state index is 12.8. The number of nitrogens with zero attached hydrogens (tertiary/aromatic N) is 3. The molecule has 30 heavy (non-hydrogen) atoms. The Labute approximate surface area is 176 Å². The van der Waals surface area contributed by atoms with Crippen molar-refractivity contribution in [2.75, 3.05) is 27.4 Å². The summed E-state index contributed by atoms with van der Waals surface area (Å²) in [7, 11) is 3.16. The summed E-state index contributed by atoms with van der Waals surface area (Å²) in [5, 5.41) is 9.43. The van der Waals surface area contributed by atoms with E-state index in [-0.39, 0.29) is 23.1 Å². The van der Waals surface area contributed by atoms with Crippen molar-refractivity contribution in [3.8, 4) is 34.8 Å². The predicted octanol–water partition coefficient (Wildman–Crippen LogP) is 3.32. The Hall–Kier alpha value is -3.05. The highest BCUT2D eigenvalue weighted by Crippen LogP contribution is 2.46. The van der Waals surface area contributed by atoms with E-state index < -0.39 is 0 Å². The SMILES string of the molecule is CCn1c2c(cc(C#N)c1=O)C(C(C)C)Oc1cc(OCCCOC)c(OC)nc1-2. The van der Waals surface area contributed by atoms with Crippen LogP contribution in [-0.2, 0) is 11.3 Å². The Bertz CT molecular complexity index is 1020. The molecule has 160 valence electrons. The molecule has 0 bridgehead atoms. The Morgan fingerprint density at radius 2 is 2.07 bits per heavy atom. The Kier molecular flexibility index (Phi) is 6.63. The van der Waals surface area contributed by atoms with Gasteiger partial charge in [-0.1, -0.05) is 13.8 Å². The van der Waals surface area contributed by atoms with E-state index in [0.29, 0.717) is 48.5 Å². The maximum Gasteiger partial charge on any atom is 0.269 e. The van der Waals surface area contributed by atoms with Gasteiger partial charge in [0.2, 0.25) is 0 Å². The number of fused-ring (bicyclic) bond motifs is 3. The van der Waals surface area contributed by atoms with E-state index >= 15 is 0 Å². The molecule has 0 N–H and O–H groups in total. The quantitative estimate of drug-likeness (QED) is 0.613. The largest absolute Gasteiger partial charge is 0.488 e. The molecular weight excluding hydrogens is 386 g/mol. The molecule has 1 unspecified atom stereocenters. The first-order valence-corrected chi connectivity index (χ1v) is 10.0. The molecule has 0 aromatic carbocycles. The lowest BCUT2D eigenvalue weighted by Crippen LogP contribution is -2.30. The number of rotatable bonds is 8. The highest BCUT2D eigenvalue weighted by molar-refractivity contribution is 5.72. The summed E-state index contributed by atoms with van der Waals surface area (Å²) in [5.74, 6) is 1.41. The second kappa shape index (κ2) is 9.18. The lowest BCUT2D eigenvalue weighted by molar-refractivity contribution is 0.146. The van der Waals surface area contributed by atoms with E-state index in [1.165, 1.54) is 7.11 Å². The summed E-state index contributed by atoms with van der Waals surface area (Å²) < 4.78 is 24.2. The monoisotopic (exact) mass is 413 g/mol. The summed E-state index contributed by atoms with van der Waals surface area (Å²) in [6.45, 7) is 7.37. The van der Waals surface area contributed by atoms with E-state index in [4.69, 9.17) is 18.9 Å². The fourth-order valence-electron chi connectivity index (χ4n) is 3.60. The van der Waals surface area contributed by atoms with E-state index in [1.54, 1.807) is 23.8 Å². The van der Waals surface area contributed by atoms with E-state index in [2.05, 4.69) is 4.98 Å². The second-order valence-corrected chi connectivity index (χ2v) is 7.34. The third-order valence-corrected chi connectivity index (χ3v) is 5.01. The van der Waals surface area contributed by atoms with Gasteiger partial charge in [0, 0.05) is 38.3 Å². The molecule has 3 rings (SSSR count). The minimum atomic E-state index is -0.338. The highest BCUT2D eigenvalue weighted by atomic mass is 16.5. The van der Waals surface area contributed by atoms with Crippen LogP contribution in [0.15, 0.2) is 16.9 Å². The lowest BCUT2D eigenvalue weighted by atomic mass is 9.92. The summed E-state index contributed by atoms with van der Waals surface area (Å²) in [4.78, 5) is 17.4. The standard InChI is InChI=1S/C22H27N3O5/c1-6-25-19-15(10-14(12-23)22(25)26)20(13(2)3)30-16-11-17(29-9-7-8-27-4)21(28-5)24-18(16)19/h10-11,13,20H,6-9H2,1-5H3. The van der Waals surface area contributed by atoms with E-state index in [9.17, 15) is 10.1 Å².